The molecule has 4 rings (SSSR count). The van der Waals surface area contributed by atoms with Gasteiger partial charge in [0.25, 0.3) is 0 Å². The van der Waals surface area contributed by atoms with E-state index in [9.17, 15) is 4.79 Å². The first-order valence-electron chi connectivity index (χ1n) is 9.04. The number of hydrogen-bond acceptors (Lipinski definition) is 5. The van der Waals surface area contributed by atoms with Crippen LogP contribution in [0.25, 0.3) is 0 Å². The number of aromatic nitrogens is 2. The number of carbonyl (C=O) groups excluding carboxylic acids is 1. The number of anilines is 1. The number of methoxy groups -OCH3 is 1. The first-order valence-corrected chi connectivity index (χ1v) is 9.04. The van der Waals surface area contributed by atoms with Crippen LogP contribution >= 0.6 is 0 Å². The highest BCUT2D eigenvalue weighted by atomic mass is 16.5. The fourth-order valence-electron chi connectivity index (χ4n) is 3.84. The topological polar surface area (TPSA) is 58.6 Å². The smallest absolute Gasteiger partial charge is 0.223 e. The summed E-state index contributed by atoms with van der Waals surface area (Å²) in [6, 6.07) is 6.07. The number of rotatable bonds is 5. The van der Waals surface area contributed by atoms with Crippen LogP contribution in [-0.4, -0.2) is 41.0 Å². The molecule has 0 spiro atoms. The molecule has 0 aromatic carbocycles. The number of ether oxygens (including phenoxy) is 1. The van der Waals surface area contributed by atoms with Crippen molar-refractivity contribution in [3.8, 4) is 0 Å². The van der Waals surface area contributed by atoms with Crippen molar-refractivity contribution in [2.45, 2.75) is 33.0 Å². The molecule has 136 valence electrons. The summed E-state index contributed by atoms with van der Waals surface area (Å²) in [6.07, 6.45) is 4.26. The Balaban J connectivity index is 1.33. The average molecular weight is 352 g/mol. The van der Waals surface area contributed by atoms with Crippen LogP contribution in [0.2, 0.25) is 0 Å². The van der Waals surface area contributed by atoms with Crippen molar-refractivity contribution in [3.05, 3.63) is 53.1 Å². The zero-order chi connectivity index (χ0) is 18.1. The van der Waals surface area contributed by atoms with E-state index in [1.54, 1.807) is 13.3 Å². The standard InChI is InChI=1S/C20H24N4O2/c1-14-6-16(13-26-2)22-19-12-24(11-18(14)19)20(25)7-15-9-23(10-15)17-4-3-5-21-8-17/h3-6,8,15H,7,9-13H2,1-2H3. The molecule has 0 N–H and O–H groups in total. The second kappa shape index (κ2) is 7.03. The van der Waals surface area contributed by atoms with Crippen molar-refractivity contribution in [1.29, 1.82) is 0 Å². The van der Waals surface area contributed by atoms with Gasteiger partial charge in [-0.05, 0) is 36.2 Å². The third-order valence-corrected chi connectivity index (χ3v) is 5.25. The highest BCUT2D eigenvalue weighted by Gasteiger charge is 2.33. The molecule has 1 fully saturated rings. The minimum atomic E-state index is 0.228. The summed E-state index contributed by atoms with van der Waals surface area (Å²) < 4.78 is 5.19. The summed E-state index contributed by atoms with van der Waals surface area (Å²) in [5.74, 6) is 0.649. The maximum atomic E-state index is 12.7. The quantitative estimate of drug-likeness (QED) is 0.826. The van der Waals surface area contributed by atoms with E-state index >= 15 is 0 Å². The lowest BCUT2D eigenvalue weighted by Crippen LogP contribution is -2.48. The number of fused-ring (bicyclic) bond motifs is 1. The lowest BCUT2D eigenvalue weighted by Gasteiger charge is -2.41. The molecule has 4 heterocycles. The highest BCUT2D eigenvalue weighted by molar-refractivity contribution is 5.77. The van der Waals surface area contributed by atoms with E-state index in [-0.39, 0.29) is 5.91 Å². The van der Waals surface area contributed by atoms with Gasteiger partial charge in [0.15, 0.2) is 0 Å². The Labute approximate surface area is 153 Å². The predicted octanol–water partition coefficient (Wildman–Crippen LogP) is 2.30. The van der Waals surface area contributed by atoms with E-state index in [0.717, 1.165) is 30.2 Å². The molecule has 0 bridgehead atoms. The molecular formula is C20H24N4O2. The molecule has 1 saturated heterocycles. The molecule has 0 atom stereocenters. The summed E-state index contributed by atoms with van der Waals surface area (Å²) in [7, 11) is 1.67. The number of hydrogen-bond donors (Lipinski definition) is 0. The van der Waals surface area contributed by atoms with Gasteiger partial charge in [0.05, 0.1) is 36.4 Å². The van der Waals surface area contributed by atoms with Crippen LogP contribution in [0.5, 0.6) is 0 Å². The van der Waals surface area contributed by atoms with E-state index < -0.39 is 0 Å². The van der Waals surface area contributed by atoms with Crippen molar-refractivity contribution in [3.63, 3.8) is 0 Å². The SMILES string of the molecule is COCc1cc(C)c2c(n1)CN(C(=O)CC1CN(c3cccnc3)C1)C2. The van der Waals surface area contributed by atoms with Crippen molar-refractivity contribution in [1.82, 2.24) is 14.9 Å². The average Bonchev–Trinajstić information content (AvgIpc) is 3.03. The minimum absolute atomic E-state index is 0.228. The Bertz CT molecular complexity index is 803. The predicted molar refractivity (Wildman–Crippen MR) is 98.5 cm³/mol. The molecule has 0 unspecified atom stereocenters. The fraction of sp³-hybridized carbons (Fsp3) is 0.450. The Morgan fingerprint density at radius 2 is 2.19 bits per heavy atom. The van der Waals surface area contributed by atoms with Gasteiger partial charge >= 0.3 is 0 Å². The van der Waals surface area contributed by atoms with E-state index in [4.69, 9.17) is 4.74 Å². The molecule has 1 amide bonds. The van der Waals surface area contributed by atoms with E-state index in [1.807, 2.05) is 17.2 Å². The molecular weight excluding hydrogens is 328 g/mol. The van der Waals surface area contributed by atoms with Crippen LogP contribution in [0.1, 0.15) is 28.9 Å². The molecule has 2 aliphatic rings. The van der Waals surface area contributed by atoms with Crippen LogP contribution in [0, 0.1) is 12.8 Å². The maximum absolute atomic E-state index is 12.7. The molecule has 2 aromatic rings. The number of pyridine rings is 2. The molecule has 2 aromatic heterocycles. The molecule has 0 radical (unpaired) electrons. The first kappa shape index (κ1) is 17.0. The van der Waals surface area contributed by atoms with E-state index in [2.05, 4.69) is 33.9 Å². The van der Waals surface area contributed by atoms with Gasteiger partial charge in [0.2, 0.25) is 5.91 Å². The maximum Gasteiger partial charge on any atom is 0.223 e. The van der Waals surface area contributed by atoms with Crippen LogP contribution in [0.3, 0.4) is 0 Å². The Morgan fingerprint density at radius 1 is 1.35 bits per heavy atom. The Hall–Kier alpha value is -2.47. The molecule has 0 saturated carbocycles. The van der Waals surface area contributed by atoms with Gasteiger partial charge in [-0.15, -0.1) is 0 Å². The molecule has 0 aliphatic carbocycles. The Morgan fingerprint density at radius 3 is 2.92 bits per heavy atom. The van der Waals surface area contributed by atoms with E-state index in [1.165, 1.54) is 11.1 Å². The third kappa shape index (κ3) is 3.29. The van der Waals surface area contributed by atoms with E-state index in [0.29, 0.717) is 32.0 Å². The fourth-order valence-corrected chi connectivity index (χ4v) is 3.84. The summed E-state index contributed by atoms with van der Waals surface area (Å²) in [6.45, 7) is 5.74. The zero-order valence-electron chi connectivity index (χ0n) is 15.3. The van der Waals surface area contributed by atoms with Crippen molar-refractivity contribution in [2.24, 2.45) is 5.92 Å². The third-order valence-electron chi connectivity index (χ3n) is 5.25. The van der Waals surface area contributed by atoms with Gasteiger partial charge in [0.1, 0.15) is 0 Å². The molecule has 26 heavy (non-hydrogen) atoms. The van der Waals surface area contributed by atoms with Crippen LogP contribution in [0.15, 0.2) is 30.6 Å². The zero-order valence-corrected chi connectivity index (χ0v) is 15.3. The van der Waals surface area contributed by atoms with Crippen molar-refractivity contribution < 1.29 is 9.53 Å². The second-order valence-corrected chi connectivity index (χ2v) is 7.22. The lowest BCUT2D eigenvalue weighted by atomic mass is 9.95. The highest BCUT2D eigenvalue weighted by Crippen LogP contribution is 2.29. The van der Waals surface area contributed by atoms with Crippen LogP contribution in [0.4, 0.5) is 5.69 Å². The second-order valence-electron chi connectivity index (χ2n) is 7.22. The van der Waals surface area contributed by atoms with Crippen LogP contribution < -0.4 is 4.90 Å². The van der Waals surface area contributed by atoms with Gasteiger partial charge in [-0.2, -0.15) is 0 Å². The first-order chi connectivity index (χ1) is 12.6. The molecule has 2 aliphatic heterocycles. The van der Waals surface area contributed by atoms with Gasteiger partial charge in [-0.3, -0.25) is 14.8 Å². The summed E-state index contributed by atoms with van der Waals surface area (Å²) >= 11 is 0. The monoisotopic (exact) mass is 352 g/mol. The van der Waals surface area contributed by atoms with Gasteiger partial charge in [0, 0.05) is 45.3 Å². The van der Waals surface area contributed by atoms with Crippen LogP contribution in [-0.2, 0) is 29.2 Å². The lowest BCUT2D eigenvalue weighted by molar-refractivity contribution is -0.133. The molecule has 6 nitrogen and oxygen atoms in total. The normalized spacial score (nSPS) is 16.5. The molecule has 6 heteroatoms. The summed E-state index contributed by atoms with van der Waals surface area (Å²) in [4.78, 5) is 25.8. The number of amides is 1. The minimum Gasteiger partial charge on any atom is -0.378 e. The number of nitrogens with zero attached hydrogens (tertiary/aromatic N) is 4. The van der Waals surface area contributed by atoms with Gasteiger partial charge in [-0.1, -0.05) is 0 Å². The van der Waals surface area contributed by atoms with Crippen molar-refractivity contribution in [2.75, 3.05) is 25.1 Å². The van der Waals surface area contributed by atoms with Gasteiger partial charge < -0.3 is 14.5 Å². The van der Waals surface area contributed by atoms with Gasteiger partial charge in [-0.25, -0.2) is 0 Å². The Kier molecular flexibility index (Phi) is 4.59. The summed E-state index contributed by atoms with van der Waals surface area (Å²) in [5, 5.41) is 0. The van der Waals surface area contributed by atoms with Crippen molar-refractivity contribution >= 4 is 11.6 Å². The summed E-state index contributed by atoms with van der Waals surface area (Å²) in [5.41, 5.74) is 5.49. The number of carbonyl (C=O) groups is 1. The number of aryl methyl sites for hydroxylation is 1. The largest absolute Gasteiger partial charge is 0.378 e.